The molecule has 0 aromatic carbocycles. The van der Waals surface area contributed by atoms with Gasteiger partial charge in [0.2, 0.25) is 0 Å². The molecule has 0 bridgehead atoms. The van der Waals surface area contributed by atoms with E-state index in [2.05, 4.69) is 6.08 Å². The summed E-state index contributed by atoms with van der Waals surface area (Å²) in [5, 5.41) is 1.36. The first-order chi connectivity index (χ1) is 9.44. The van der Waals surface area contributed by atoms with E-state index in [0.717, 1.165) is 6.42 Å². The van der Waals surface area contributed by atoms with E-state index < -0.39 is 5.60 Å². The molecule has 2 aliphatic rings. The maximum absolute atomic E-state index is 11.9. The summed E-state index contributed by atoms with van der Waals surface area (Å²) >= 11 is 0. The lowest BCUT2D eigenvalue weighted by Gasteiger charge is -2.23. The van der Waals surface area contributed by atoms with Crippen LogP contribution in [-0.4, -0.2) is 29.4 Å². The second-order valence-corrected chi connectivity index (χ2v) is 6.75. The van der Waals surface area contributed by atoms with Gasteiger partial charge in [-0.1, -0.05) is 24.5 Å². The Morgan fingerprint density at radius 2 is 1.90 bits per heavy atom. The Labute approximate surface area is 122 Å². The molecule has 1 amide bonds. The van der Waals surface area contributed by atoms with E-state index >= 15 is 0 Å². The van der Waals surface area contributed by atoms with Crippen LogP contribution >= 0.6 is 0 Å². The van der Waals surface area contributed by atoms with Gasteiger partial charge < -0.3 is 4.74 Å². The molecule has 2 fully saturated rings. The van der Waals surface area contributed by atoms with Crippen molar-refractivity contribution in [3.8, 4) is 0 Å². The predicted molar refractivity (Wildman–Crippen MR) is 78.2 cm³/mol. The highest BCUT2D eigenvalue weighted by molar-refractivity contribution is 5.67. The molecule has 114 valence electrons. The summed E-state index contributed by atoms with van der Waals surface area (Å²) in [6.07, 6.45) is 10.4. The van der Waals surface area contributed by atoms with Crippen molar-refractivity contribution in [1.29, 1.82) is 0 Å². The fourth-order valence-corrected chi connectivity index (χ4v) is 2.69. The van der Waals surface area contributed by atoms with Crippen LogP contribution in [0.2, 0.25) is 0 Å². The number of allylic oxidation sites excluding steroid dienone is 1. The first-order valence-electron chi connectivity index (χ1n) is 7.81. The van der Waals surface area contributed by atoms with Crippen LogP contribution in [0.3, 0.4) is 0 Å². The lowest BCUT2D eigenvalue weighted by atomic mass is 10.0. The van der Waals surface area contributed by atoms with Crippen LogP contribution in [0.25, 0.3) is 0 Å². The fourth-order valence-electron chi connectivity index (χ4n) is 2.69. The maximum atomic E-state index is 11.9. The zero-order valence-corrected chi connectivity index (χ0v) is 13.0. The van der Waals surface area contributed by atoms with E-state index in [1.807, 2.05) is 20.8 Å². The molecule has 0 spiro atoms. The van der Waals surface area contributed by atoms with Gasteiger partial charge in [0.15, 0.2) is 0 Å². The van der Waals surface area contributed by atoms with Gasteiger partial charge in [-0.25, -0.2) is 4.79 Å². The minimum Gasteiger partial charge on any atom is -0.442 e. The molecule has 0 N–H and O–H groups in total. The van der Waals surface area contributed by atoms with E-state index in [-0.39, 0.29) is 12.2 Å². The van der Waals surface area contributed by atoms with E-state index in [1.54, 1.807) is 0 Å². The van der Waals surface area contributed by atoms with Gasteiger partial charge in [-0.2, -0.15) is 5.06 Å². The normalized spacial score (nSPS) is 24.4. The summed E-state index contributed by atoms with van der Waals surface area (Å²) in [6, 6.07) is 0. The monoisotopic (exact) mass is 281 g/mol. The second-order valence-electron chi connectivity index (χ2n) is 6.75. The van der Waals surface area contributed by atoms with Gasteiger partial charge in [-0.3, -0.25) is 4.84 Å². The lowest BCUT2D eigenvalue weighted by Crippen LogP contribution is -2.34. The number of hydrogen-bond acceptors (Lipinski definition) is 3. The second kappa shape index (κ2) is 6.61. The first-order valence-corrected chi connectivity index (χ1v) is 7.81. The quantitative estimate of drug-likeness (QED) is 0.534. The maximum Gasteiger partial charge on any atom is 0.434 e. The van der Waals surface area contributed by atoms with E-state index in [9.17, 15) is 4.79 Å². The van der Waals surface area contributed by atoms with Crippen LogP contribution in [0.15, 0.2) is 11.6 Å². The van der Waals surface area contributed by atoms with Crippen LogP contribution in [0.4, 0.5) is 4.79 Å². The van der Waals surface area contributed by atoms with Crippen molar-refractivity contribution in [2.45, 2.75) is 77.4 Å². The van der Waals surface area contributed by atoms with Crippen LogP contribution in [0.5, 0.6) is 0 Å². The topological polar surface area (TPSA) is 38.8 Å². The molecule has 1 atom stereocenters. The molecule has 0 aromatic heterocycles. The molecule has 0 unspecified atom stereocenters. The third kappa shape index (κ3) is 4.82. The van der Waals surface area contributed by atoms with E-state index in [0.29, 0.717) is 6.54 Å². The number of hydrogen-bond donors (Lipinski definition) is 0. The van der Waals surface area contributed by atoms with Gasteiger partial charge >= 0.3 is 6.09 Å². The van der Waals surface area contributed by atoms with Crippen LogP contribution in [0.1, 0.15) is 65.7 Å². The number of carbonyl (C=O) groups excluding carboxylic acids is 1. The Kier molecular flexibility index (Phi) is 5.08. The first kappa shape index (κ1) is 15.4. The highest BCUT2D eigenvalue weighted by Gasteiger charge is 2.30. The number of nitrogens with zero attached hydrogens (tertiary/aromatic N) is 1. The van der Waals surface area contributed by atoms with Gasteiger partial charge in [0.1, 0.15) is 11.7 Å². The van der Waals surface area contributed by atoms with Gasteiger partial charge in [-0.15, -0.1) is 0 Å². The summed E-state index contributed by atoms with van der Waals surface area (Å²) in [5.74, 6) is 0. The molecule has 1 saturated heterocycles. The van der Waals surface area contributed by atoms with Crippen LogP contribution < -0.4 is 0 Å². The SMILES string of the molecule is CC(C)(C)OC(=O)N1CC[C@@H](C=C2CCCCCC2)O1. The van der Waals surface area contributed by atoms with Crippen molar-refractivity contribution in [3.05, 3.63) is 11.6 Å². The molecule has 4 nitrogen and oxygen atoms in total. The zero-order valence-electron chi connectivity index (χ0n) is 13.0. The van der Waals surface area contributed by atoms with Crippen molar-refractivity contribution in [2.75, 3.05) is 6.54 Å². The Bertz CT molecular complexity index is 360. The zero-order chi connectivity index (χ0) is 14.6. The third-order valence-electron chi connectivity index (χ3n) is 3.64. The molecule has 1 aliphatic heterocycles. The smallest absolute Gasteiger partial charge is 0.434 e. The summed E-state index contributed by atoms with van der Waals surface area (Å²) < 4.78 is 5.32. The molecule has 4 heteroatoms. The Morgan fingerprint density at radius 3 is 2.50 bits per heavy atom. The number of hydroxylamine groups is 2. The summed E-state index contributed by atoms with van der Waals surface area (Å²) in [7, 11) is 0. The highest BCUT2D eigenvalue weighted by Crippen LogP contribution is 2.25. The van der Waals surface area contributed by atoms with Crippen molar-refractivity contribution >= 4 is 6.09 Å². The lowest BCUT2D eigenvalue weighted by molar-refractivity contribution is -0.125. The van der Waals surface area contributed by atoms with Crippen LogP contribution in [-0.2, 0) is 9.57 Å². The average molecular weight is 281 g/mol. The minimum absolute atomic E-state index is 0.0376. The summed E-state index contributed by atoms with van der Waals surface area (Å²) in [6.45, 7) is 6.22. The molecule has 20 heavy (non-hydrogen) atoms. The Hall–Kier alpha value is -1.03. The molecule has 1 aliphatic carbocycles. The van der Waals surface area contributed by atoms with Gasteiger partial charge in [-0.05, 0) is 46.5 Å². The Morgan fingerprint density at radius 1 is 1.25 bits per heavy atom. The number of ether oxygens (including phenoxy) is 1. The summed E-state index contributed by atoms with van der Waals surface area (Å²) in [4.78, 5) is 17.6. The van der Waals surface area contributed by atoms with Crippen molar-refractivity contribution in [3.63, 3.8) is 0 Å². The van der Waals surface area contributed by atoms with Crippen molar-refractivity contribution in [2.24, 2.45) is 0 Å². The van der Waals surface area contributed by atoms with Gasteiger partial charge in [0.05, 0.1) is 6.54 Å². The molecular formula is C16H27NO3. The molecule has 2 rings (SSSR count). The molecule has 1 saturated carbocycles. The third-order valence-corrected chi connectivity index (χ3v) is 3.64. The minimum atomic E-state index is -0.474. The molecule has 1 heterocycles. The number of amides is 1. The molecule has 0 aromatic rings. The van der Waals surface area contributed by atoms with Crippen LogP contribution in [0, 0.1) is 0 Å². The van der Waals surface area contributed by atoms with Crippen molar-refractivity contribution in [1.82, 2.24) is 5.06 Å². The predicted octanol–water partition coefficient (Wildman–Crippen LogP) is 4.21. The van der Waals surface area contributed by atoms with Gasteiger partial charge in [0.25, 0.3) is 0 Å². The molecule has 0 radical (unpaired) electrons. The van der Waals surface area contributed by atoms with Gasteiger partial charge in [0, 0.05) is 6.42 Å². The number of carbonyl (C=O) groups is 1. The summed E-state index contributed by atoms with van der Waals surface area (Å²) in [5.41, 5.74) is 1.02. The average Bonchev–Trinajstić information content (AvgIpc) is 2.64. The molecular weight excluding hydrogens is 254 g/mol. The van der Waals surface area contributed by atoms with E-state index in [4.69, 9.17) is 9.57 Å². The van der Waals surface area contributed by atoms with E-state index in [1.165, 1.54) is 49.2 Å². The largest absolute Gasteiger partial charge is 0.442 e. The number of rotatable bonds is 1. The standard InChI is InChI=1S/C16H27NO3/c1-16(2,3)19-15(18)17-11-10-14(20-17)12-13-8-6-4-5-7-9-13/h12,14H,4-11H2,1-3H3/t14-/m0/s1. The fraction of sp³-hybridized carbons (Fsp3) is 0.812. The Balaban J connectivity index is 1.85. The highest BCUT2D eigenvalue weighted by atomic mass is 16.7. The van der Waals surface area contributed by atoms with Crippen molar-refractivity contribution < 1.29 is 14.4 Å².